The molecule has 2 rings (SSSR count). The number of para-hydroxylation sites is 1. The average Bonchev–Trinajstić information content (AvgIpc) is 2.52. The van der Waals surface area contributed by atoms with Crippen LogP contribution in [0.3, 0.4) is 0 Å². The third-order valence-corrected chi connectivity index (χ3v) is 2.87. The summed E-state index contributed by atoms with van der Waals surface area (Å²) >= 11 is 0. The first-order valence-electron chi connectivity index (χ1n) is 6.55. The molecule has 21 heavy (non-hydrogen) atoms. The van der Waals surface area contributed by atoms with Crippen molar-refractivity contribution in [1.82, 2.24) is 0 Å². The van der Waals surface area contributed by atoms with Crippen LogP contribution in [-0.2, 0) is 9.59 Å². The van der Waals surface area contributed by atoms with E-state index in [2.05, 4.69) is 0 Å². The maximum atomic E-state index is 12.3. The smallest absolute Gasteiger partial charge is 0.251 e. The summed E-state index contributed by atoms with van der Waals surface area (Å²) in [6.45, 7) is -0.151. The van der Waals surface area contributed by atoms with Crippen molar-refractivity contribution >= 4 is 23.6 Å². The van der Waals surface area contributed by atoms with Crippen molar-refractivity contribution in [2.24, 2.45) is 5.73 Å². The lowest BCUT2D eigenvalue weighted by molar-refractivity contribution is -0.120. The van der Waals surface area contributed by atoms with Gasteiger partial charge >= 0.3 is 0 Å². The number of nitrogens with two attached hydrogens (primary N) is 1. The molecule has 0 bridgehead atoms. The van der Waals surface area contributed by atoms with Crippen LogP contribution < -0.4 is 10.6 Å². The van der Waals surface area contributed by atoms with E-state index in [1.54, 1.807) is 30.3 Å². The van der Waals surface area contributed by atoms with Crippen LogP contribution in [-0.4, -0.2) is 18.4 Å². The van der Waals surface area contributed by atoms with E-state index in [1.807, 2.05) is 36.4 Å². The molecule has 4 heteroatoms. The lowest BCUT2D eigenvalue weighted by Crippen LogP contribution is -2.37. The first-order chi connectivity index (χ1) is 10.2. The first kappa shape index (κ1) is 14.5. The molecule has 0 fully saturated rings. The molecule has 0 aliphatic carbocycles. The number of amides is 2. The van der Waals surface area contributed by atoms with Crippen molar-refractivity contribution < 1.29 is 9.59 Å². The number of carbonyl (C=O) groups is 2. The molecule has 0 saturated carbocycles. The molecule has 2 aromatic carbocycles. The van der Waals surface area contributed by atoms with E-state index in [0.29, 0.717) is 5.69 Å². The molecule has 0 spiro atoms. The zero-order valence-corrected chi connectivity index (χ0v) is 11.5. The predicted octanol–water partition coefficient (Wildman–Crippen LogP) is 2.22. The summed E-state index contributed by atoms with van der Waals surface area (Å²) in [5.41, 5.74) is 6.77. The second-order valence-corrected chi connectivity index (χ2v) is 4.47. The van der Waals surface area contributed by atoms with E-state index >= 15 is 0 Å². The second kappa shape index (κ2) is 7.05. The molecule has 0 radical (unpaired) electrons. The SMILES string of the molecule is NC(=O)CN(C(=O)C=Cc1ccccc1)c1ccccc1. The molecule has 4 nitrogen and oxygen atoms in total. The lowest BCUT2D eigenvalue weighted by atomic mass is 10.2. The minimum atomic E-state index is -0.555. The maximum absolute atomic E-state index is 12.3. The van der Waals surface area contributed by atoms with Gasteiger partial charge < -0.3 is 5.73 Å². The number of anilines is 1. The van der Waals surface area contributed by atoms with Crippen molar-refractivity contribution in [3.05, 3.63) is 72.3 Å². The van der Waals surface area contributed by atoms with E-state index in [9.17, 15) is 9.59 Å². The van der Waals surface area contributed by atoms with E-state index < -0.39 is 5.91 Å². The quantitative estimate of drug-likeness (QED) is 0.853. The predicted molar refractivity (Wildman–Crippen MR) is 83.5 cm³/mol. The summed E-state index contributed by atoms with van der Waals surface area (Å²) in [6, 6.07) is 18.4. The Labute approximate surface area is 123 Å². The number of nitrogens with zero attached hydrogens (tertiary/aromatic N) is 1. The largest absolute Gasteiger partial charge is 0.368 e. The average molecular weight is 280 g/mol. The number of primary amides is 1. The van der Waals surface area contributed by atoms with Crippen LogP contribution in [0.1, 0.15) is 5.56 Å². The van der Waals surface area contributed by atoms with Gasteiger partial charge in [0.2, 0.25) is 5.91 Å². The Balaban J connectivity index is 2.19. The highest BCUT2D eigenvalue weighted by Gasteiger charge is 2.15. The molecule has 106 valence electrons. The van der Waals surface area contributed by atoms with Crippen LogP contribution in [0.4, 0.5) is 5.69 Å². The van der Waals surface area contributed by atoms with Crippen molar-refractivity contribution in [2.75, 3.05) is 11.4 Å². The highest BCUT2D eigenvalue weighted by Crippen LogP contribution is 2.14. The fourth-order valence-corrected chi connectivity index (χ4v) is 1.88. The first-order valence-corrected chi connectivity index (χ1v) is 6.55. The number of benzene rings is 2. The fourth-order valence-electron chi connectivity index (χ4n) is 1.88. The molecule has 2 amide bonds. The van der Waals surface area contributed by atoms with Gasteiger partial charge in [0.1, 0.15) is 6.54 Å². The molecule has 0 atom stereocenters. The van der Waals surface area contributed by atoms with Crippen LogP contribution in [0.25, 0.3) is 6.08 Å². The Morgan fingerprint density at radius 3 is 2.10 bits per heavy atom. The van der Waals surface area contributed by atoms with Gasteiger partial charge in [-0.1, -0.05) is 48.5 Å². The number of hydrogen-bond donors (Lipinski definition) is 1. The van der Waals surface area contributed by atoms with E-state index in [0.717, 1.165) is 5.56 Å². The van der Waals surface area contributed by atoms with Crippen molar-refractivity contribution in [2.45, 2.75) is 0 Å². The monoisotopic (exact) mass is 280 g/mol. The van der Waals surface area contributed by atoms with Gasteiger partial charge in [-0.15, -0.1) is 0 Å². The third kappa shape index (κ3) is 4.31. The van der Waals surface area contributed by atoms with Gasteiger partial charge in [-0.2, -0.15) is 0 Å². The highest BCUT2D eigenvalue weighted by atomic mass is 16.2. The minimum absolute atomic E-state index is 0.151. The Hall–Kier alpha value is -2.88. The van der Waals surface area contributed by atoms with Crippen LogP contribution in [0.2, 0.25) is 0 Å². The van der Waals surface area contributed by atoms with Gasteiger partial charge in [-0.05, 0) is 23.8 Å². The molecule has 0 heterocycles. The van der Waals surface area contributed by atoms with Crippen LogP contribution in [0.15, 0.2) is 66.7 Å². The van der Waals surface area contributed by atoms with Gasteiger partial charge in [0.15, 0.2) is 0 Å². The van der Waals surface area contributed by atoms with E-state index in [4.69, 9.17) is 5.73 Å². The molecule has 0 saturated heterocycles. The van der Waals surface area contributed by atoms with E-state index in [-0.39, 0.29) is 12.5 Å². The number of carbonyl (C=O) groups excluding carboxylic acids is 2. The summed E-state index contributed by atoms with van der Waals surface area (Å²) in [6.07, 6.45) is 3.14. The zero-order valence-electron chi connectivity index (χ0n) is 11.5. The Kier molecular flexibility index (Phi) is 4.88. The summed E-state index contributed by atoms with van der Waals surface area (Å²) in [5, 5.41) is 0. The Morgan fingerprint density at radius 2 is 1.52 bits per heavy atom. The fraction of sp³-hybridized carbons (Fsp3) is 0.0588. The van der Waals surface area contributed by atoms with Crippen LogP contribution >= 0.6 is 0 Å². The van der Waals surface area contributed by atoms with Gasteiger partial charge in [-0.3, -0.25) is 14.5 Å². The zero-order chi connectivity index (χ0) is 15.1. The molecule has 0 aliphatic rings. The molecule has 0 aliphatic heterocycles. The second-order valence-electron chi connectivity index (χ2n) is 4.47. The summed E-state index contributed by atoms with van der Waals surface area (Å²) in [4.78, 5) is 24.8. The minimum Gasteiger partial charge on any atom is -0.368 e. The summed E-state index contributed by atoms with van der Waals surface area (Å²) < 4.78 is 0. The topological polar surface area (TPSA) is 63.4 Å². The lowest BCUT2D eigenvalue weighted by Gasteiger charge is -2.19. The molecule has 2 aromatic rings. The normalized spacial score (nSPS) is 10.5. The maximum Gasteiger partial charge on any atom is 0.251 e. The molecular formula is C17H16N2O2. The standard InChI is InChI=1S/C17H16N2O2/c18-16(20)13-19(15-9-5-2-6-10-15)17(21)12-11-14-7-3-1-4-8-14/h1-12H,13H2,(H2,18,20). The molecular weight excluding hydrogens is 264 g/mol. The van der Waals surface area contributed by atoms with Crippen LogP contribution in [0.5, 0.6) is 0 Å². The molecule has 2 N–H and O–H groups in total. The van der Waals surface area contributed by atoms with Gasteiger partial charge in [-0.25, -0.2) is 0 Å². The van der Waals surface area contributed by atoms with Gasteiger partial charge in [0.05, 0.1) is 0 Å². The molecule has 0 aromatic heterocycles. The van der Waals surface area contributed by atoms with Crippen LogP contribution in [0, 0.1) is 0 Å². The number of rotatable bonds is 5. The van der Waals surface area contributed by atoms with Crippen molar-refractivity contribution in [1.29, 1.82) is 0 Å². The number of hydrogen-bond acceptors (Lipinski definition) is 2. The van der Waals surface area contributed by atoms with Crippen molar-refractivity contribution in [3.63, 3.8) is 0 Å². The molecule has 0 unspecified atom stereocenters. The summed E-state index contributed by atoms with van der Waals surface area (Å²) in [7, 11) is 0. The van der Waals surface area contributed by atoms with E-state index in [1.165, 1.54) is 11.0 Å². The Morgan fingerprint density at radius 1 is 0.952 bits per heavy atom. The third-order valence-electron chi connectivity index (χ3n) is 2.87. The highest BCUT2D eigenvalue weighted by molar-refractivity contribution is 6.06. The van der Waals surface area contributed by atoms with Gasteiger partial charge in [0.25, 0.3) is 5.91 Å². The Bertz CT molecular complexity index is 636. The summed E-state index contributed by atoms with van der Waals surface area (Å²) in [5.74, 6) is -0.843. The van der Waals surface area contributed by atoms with Gasteiger partial charge in [0, 0.05) is 11.8 Å². The van der Waals surface area contributed by atoms with Crippen molar-refractivity contribution in [3.8, 4) is 0 Å².